The van der Waals surface area contributed by atoms with Crippen LogP contribution in [0.25, 0.3) is 0 Å². The molecular weight excluding hydrogens is 997 g/mol. The highest BCUT2D eigenvalue weighted by atomic mass is 16.6. The molecule has 0 amide bonds. The molecule has 1 unspecified atom stereocenters. The number of esters is 3. The summed E-state index contributed by atoms with van der Waals surface area (Å²) in [6.45, 7) is 6.39. The second-order valence-corrected chi connectivity index (χ2v) is 22.3. The number of hydrogen-bond acceptors (Lipinski definition) is 6. The number of ether oxygens (including phenoxy) is 3. The molecule has 0 saturated heterocycles. The van der Waals surface area contributed by atoms with Gasteiger partial charge in [-0.25, -0.2) is 0 Å². The van der Waals surface area contributed by atoms with Crippen molar-refractivity contribution in [1.29, 1.82) is 0 Å². The van der Waals surface area contributed by atoms with Crippen LogP contribution in [-0.2, 0) is 28.6 Å². The minimum atomic E-state index is -0.814. The first-order chi connectivity index (χ1) is 40.0. The Kier molecular flexibility index (Phi) is 64.8. The summed E-state index contributed by atoms with van der Waals surface area (Å²) in [5, 5.41) is 0. The van der Waals surface area contributed by atoms with Crippen LogP contribution in [0.15, 0.2) is 122 Å². The Labute approximate surface area is 501 Å². The molecule has 0 fully saturated rings. The number of allylic oxidation sites excluding steroid dienone is 20. The van der Waals surface area contributed by atoms with Gasteiger partial charge in [0.15, 0.2) is 6.10 Å². The summed E-state index contributed by atoms with van der Waals surface area (Å²) in [7, 11) is 0. The number of rotatable bonds is 61. The monoisotopic (exact) mass is 1120 g/mol. The fourth-order valence-electron chi connectivity index (χ4n) is 9.44. The van der Waals surface area contributed by atoms with Gasteiger partial charge in [-0.15, -0.1) is 0 Å². The van der Waals surface area contributed by atoms with E-state index in [0.717, 1.165) is 135 Å². The zero-order valence-corrected chi connectivity index (χ0v) is 53.0. The minimum absolute atomic E-state index is 0.103. The molecule has 0 radical (unpaired) electrons. The van der Waals surface area contributed by atoms with Crippen LogP contribution in [0, 0.1) is 0 Å². The van der Waals surface area contributed by atoms with E-state index in [1.807, 2.05) is 0 Å². The summed E-state index contributed by atoms with van der Waals surface area (Å²) in [5.74, 6) is -0.959. The highest BCUT2D eigenvalue weighted by Crippen LogP contribution is 2.17. The Morgan fingerprint density at radius 3 is 0.753 bits per heavy atom. The van der Waals surface area contributed by atoms with E-state index in [9.17, 15) is 14.4 Å². The third kappa shape index (κ3) is 66.5. The van der Waals surface area contributed by atoms with Crippen LogP contribution in [0.3, 0.4) is 0 Å². The molecule has 6 heteroatoms. The lowest BCUT2D eigenvalue weighted by Gasteiger charge is -2.18. The molecule has 0 heterocycles. The van der Waals surface area contributed by atoms with E-state index in [-0.39, 0.29) is 37.5 Å². The summed E-state index contributed by atoms with van der Waals surface area (Å²) in [6.07, 6.45) is 95.1. The average molecular weight is 1120 g/mol. The maximum absolute atomic E-state index is 12.9. The van der Waals surface area contributed by atoms with Gasteiger partial charge < -0.3 is 14.2 Å². The highest BCUT2D eigenvalue weighted by Gasteiger charge is 2.19. The lowest BCUT2D eigenvalue weighted by atomic mass is 10.0. The van der Waals surface area contributed by atoms with Crippen molar-refractivity contribution in [3.63, 3.8) is 0 Å². The summed E-state index contributed by atoms with van der Waals surface area (Å²) in [5.41, 5.74) is 0. The van der Waals surface area contributed by atoms with Crippen LogP contribution >= 0.6 is 0 Å². The number of carbonyl (C=O) groups excluding carboxylic acids is 3. The van der Waals surface area contributed by atoms with Crippen LogP contribution in [0.4, 0.5) is 0 Å². The fraction of sp³-hybridized carbons (Fsp3) is 0.693. The first-order valence-corrected chi connectivity index (χ1v) is 34.0. The second-order valence-electron chi connectivity index (χ2n) is 22.3. The van der Waals surface area contributed by atoms with Gasteiger partial charge in [0.2, 0.25) is 0 Å². The Hall–Kier alpha value is -4.19. The van der Waals surface area contributed by atoms with Gasteiger partial charge in [-0.3, -0.25) is 14.4 Å². The average Bonchev–Trinajstić information content (AvgIpc) is 3.47. The molecule has 0 rings (SSSR count). The van der Waals surface area contributed by atoms with Gasteiger partial charge >= 0.3 is 17.9 Å². The van der Waals surface area contributed by atoms with E-state index < -0.39 is 6.10 Å². The van der Waals surface area contributed by atoms with E-state index in [2.05, 4.69) is 142 Å². The topological polar surface area (TPSA) is 78.9 Å². The molecule has 462 valence electrons. The fourth-order valence-corrected chi connectivity index (χ4v) is 9.44. The Bertz CT molecular complexity index is 1670. The Morgan fingerprint density at radius 2 is 0.481 bits per heavy atom. The van der Waals surface area contributed by atoms with E-state index >= 15 is 0 Å². The molecule has 0 saturated carbocycles. The van der Waals surface area contributed by atoms with Crippen LogP contribution < -0.4 is 0 Å². The van der Waals surface area contributed by atoms with Crippen molar-refractivity contribution in [3.05, 3.63) is 122 Å². The quantitative estimate of drug-likeness (QED) is 0.0261. The Morgan fingerprint density at radius 1 is 0.259 bits per heavy atom. The van der Waals surface area contributed by atoms with E-state index in [4.69, 9.17) is 14.2 Å². The van der Waals surface area contributed by atoms with E-state index in [0.29, 0.717) is 12.8 Å². The second kappa shape index (κ2) is 68.3. The summed E-state index contributed by atoms with van der Waals surface area (Å²) in [6, 6.07) is 0. The van der Waals surface area contributed by atoms with Crippen LogP contribution in [0.1, 0.15) is 316 Å². The number of unbranched alkanes of at least 4 members (excludes halogenated alkanes) is 30. The van der Waals surface area contributed by atoms with Crippen molar-refractivity contribution in [2.45, 2.75) is 322 Å². The minimum Gasteiger partial charge on any atom is -0.462 e. The normalized spacial score (nSPS) is 12.9. The lowest BCUT2D eigenvalue weighted by molar-refractivity contribution is -0.167. The number of hydrogen-bond donors (Lipinski definition) is 0. The van der Waals surface area contributed by atoms with Gasteiger partial charge in [-0.2, -0.15) is 0 Å². The molecule has 0 aromatic heterocycles. The first kappa shape index (κ1) is 76.8. The molecule has 1 atom stereocenters. The standard InChI is InChI=1S/C75H126O6/c1-4-7-10-13-16-19-22-25-28-31-34-35-36-37-38-39-42-44-47-50-53-56-59-62-65-68-74(77)80-71-72(81-75(78)69-66-63-60-57-54-51-48-45-41-33-30-27-24-21-18-15-12-9-6-3)70-79-73(76)67-64-61-58-55-52-49-46-43-40-32-29-26-23-20-17-14-11-8-5-2/h8-9,11-12,17-18,20-21,26-27,29-30,40-41,43,45,49,51-52,54,72H,4-7,10,13-16,19,22-25,28,31-39,42,44,46-48,50,53,55-71H2,1-3H3/b11-8-,12-9-,20-17-,21-18-,29-26-,30-27-,43-40-,45-41-,52-49-,54-51-. The molecule has 0 N–H and O–H groups in total. The SMILES string of the molecule is CC/C=C\C/C=C\C/C=C\C/C=C\C/C=C\CCCCCC(=O)OCC(COC(=O)CCCCCCCCCCCCCCCCCCCCCCCCCCC)OC(=O)CCCCC/C=C\C/C=C\C/C=C\C/C=C\C/C=C\CC. The molecule has 0 aliphatic rings. The van der Waals surface area contributed by atoms with Crippen LogP contribution in [0.5, 0.6) is 0 Å². The zero-order chi connectivity index (χ0) is 58.5. The van der Waals surface area contributed by atoms with E-state index in [1.54, 1.807) is 0 Å². The highest BCUT2D eigenvalue weighted by molar-refractivity contribution is 5.71. The molecule has 81 heavy (non-hydrogen) atoms. The molecule has 0 aliphatic heterocycles. The molecule has 0 aliphatic carbocycles. The maximum atomic E-state index is 12.9. The molecule has 0 bridgehead atoms. The third-order valence-corrected chi connectivity index (χ3v) is 14.5. The van der Waals surface area contributed by atoms with Gasteiger partial charge in [-0.05, 0) is 109 Å². The zero-order valence-electron chi connectivity index (χ0n) is 53.0. The lowest BCUT2D eigenvalue weighted by Crippen LogP contribution is -2.30. The predicted molar refractivity (Wildman–Crippen MR) is 353 cm³/mol. The van der Waals surface area contributed by atoms with E-state index in [1.165, 1.54) is 141 Å². The van der Waals surface area contributed by atoms with Crippen molar-refractivity contribution in [1.82, 2.24) is 0 Å². The molecule has 0 aromatic rings. The smallest absolute Gasteiger partial charge is 0.306 e. The van der Waals surface area contributed by atoms with Gasteiger partial charge in [0, 0.05) is 19.3 Å². The molecule has 0 aromatic carbocycles. The summed E-state index contributed by atoms with van der Waals surface area (Å²) in [4.78, 5) is 38.4. The summed E-state index contributed by atoms with van der Waals surface area (Å²) >= 11 is 0. The van der Waals surface area contributed by atoms with Crippen LogP contribution in [-0.4, -0.2) is 37.2 Å². The number of carbonyl (C=O) groups is 3. The van der Waals surface area contributed by atoms with Crippen LogP contribution in [0.2, 0.25) is 0 Å². The van der Waals surface area contributed by atoms with Crippen molar-refractivity contribution in [2.24, 2.45) is 0 Å². The van der Waals surface area contributed by atoms with Gasteiger partial charge in [-0.1, -0.05) is 309 Å². The van der Waals surface area contributed by atoms with Crippen molar-refractivity contribution >= 4 is 17.9 Å². The van der Waals surface area contributed by atoms with Crippen molar-refractivity contribution < 1.29 is 28.6 Å². The van der Waals surface area contributed by atoms with Gasteiger partial charge in [0.25, 0.3) is 0 Å². The maximum Gasteiger partial charge on any atom is 0.306 e. The summed E-state index contributed by atoms with van der Waals surface area (Å²) < 4.78 is 16.9. The van der Waals surface area contributed by atoms with Crippen molar-refractivity contribution in [3.8, 4) is 0 Å². The van der Waals surface area contributed by atoms with Gasteiger partial charge in [0.1, 0.15) is 13.2 Å². The first-order valence-electron chi connectivity index (χ1n) is 34.0. The third-order valence-electron chi connectivity index (χ3n) is 14.5. The molecule has 6 nitrogen and oxygen atoms in total. The predicted octanol–water partition coefficient (Wildman–Crippen LogP) is 23.6. The molecule has 0 spiro atoms. The van der Waals surface area contributed by atoms with Gasteiger partial charge in [0.05, 0.1) is 0 Å². The molecular formula is C75H126O6. The Balaban J connectivity index is 4.43. The largest absolute Gasteiger partial charge is 0.462 e. The van der Waals surface area contributed by atoms with Crippen molar-refractivity contribution in [2.75, 3.05) is 13.2 Å².